The molecule has 28 heavy (non-hydrogen) atoms. The molecule has 3 aromatic rings. The molecule has 3 heterocycles. The first-order valence-corrected chi connectivity index (χ1v) is 11.1. The van der Waals surface area contributed by atoms with Gasteiger partial charge in [0.25, 0.3) is 0 Å². The fraction of sp³-hybridized carbons (Fsp3) is 0.571. The topological polar surface area (TPSA) is 67.1 Å². The first-order chi connectivity index (χ1) is 13.6. The van der Waals surface area contributed by atoms with Crippen LogP contribution in [0.3, 0.4) is 0 Å². The first kappa shape index (κ1) is 18.1. The molecule has 4 atom stereocenters. The third-order valence-corrected chi connectivity index (χ3v) is 7.27. The van der Waals surface area contributed by atoms with Crippen molar-refractivity contribution in [1.29, 1.82) is 0 Å². The summed E-state index contributed by atoms with van der Waals surface area (Å²) in [6.07, 6.45) is 4.40. The van der Waals surface area contributed by atoms with Crippen molar-refractivity contribution < 1.29 is 5.11 Å². The van der Waals surface area contributed by atoms with Crippen LogP contribution < -0.4 is 4.90 Å². The molecule has 1 aromatic carbocycles. The van der Waals surface area contributed by atoms with Gasteiger partial charge < -0.3 is 10.0 Å². The van der Waals surface area contributed by atoms with Crippen molar-refractivity contribution in [2.24, 2.45) is 17.8 Å². The SMILES string of the molecule is CC(C)Cc1cn([C@@H]2C[C@@H]3CN(c4nc5ccccc5s4)C[C@@H]3C[C@H]2O)nn1. The smallest absolute Gasteiger partial charge is 0.186 e. The van der Waals surface area contributed by atoms with Crippen LogP contribution in [0.25, 0.3) is 10.2 Å². The lowest BCUT2D eigenvalue weighted by Crippen LogP contribution is -2.36. The summed E-state index contributed by atoms with van der Waals surface area (Å²) in [4.78, 5) is 7.25. The average Bonchev–Trinajstić information content (AvgIpc) is 3.37. The van der Waals surface area contributed by atoms with Crippen LogP contribution in [0.2, 0.25) is 0 Å². The van der Waals surface area contributed by atoms with E-state index in [1.165, 1.54) is 4.70 Å². The number of rotatable bonds is 4. The number of para-hydroxylation sites is 1. The summed E-state index contributed by atoms with van der Waals surface area (Å²) in [5, 5.41) is 20.6. The van der Waals surface area contributed by atoms with Crippen LogP contribution in [0, 0.1) is 17.8 Å². The predicted octanol–water partition coefficient (Wildman–Crippen LogP) is 3.53. The van der Waals surface area contributed by atoms with Gasteiger partial charge in [-0.3, -0.25) is 0 Å². The molecule has 7 heteroatoms. The number of hydrogen-bond donors (Lipinski definition) is 1. The van der Waals surface area contributed by atoms with Crippen molar-refractivity contribution in [3.8, 4) is 0 Å². The van der Waals surface area contributed by atoms with E-state index in [4.69, 9.17) is 4.98 Å². The van der Waals surface area contributed by atoms with Gasteiger partial charge >= 0.3 is 0 Å². The van der Waals surface area contributed by atoms with Crippen molar-refractivity contribution >= 4 is 26.7 Å². The van der Waals surface area contributed by atoms with Gasteiger partial charge in [-0.1, -0.05) is 42.5 Å². The maximum atomic E-state index is 10.8. The number of hydrogen-bond acceptors (Lipinski definition) is 6. The van der Waals surface area contributed by atoms with Crippen molar-refractivity contribution in [2.75, 3.05) is 18.0 Å². The molecular formula is C21H27N5OS. The molecule has 1 saturated heterocycles. The van der Waals surface area contributed by atoms with Gasteiger partial charge in [0.15, 0.2) is 5.13 Å². The number of fused-ring (bicyclic) bond motifs is 2. The molecule has 0 bridgehead atoms. The van der Waals surface area contributed by atoms with Crippen molar-refractivity contribution in [3.05, 3.63) is 36.2 Å². The van der Waals surface area contributed by atoms with Crippen LogP contribution in [0.15, 0.2) is 30.5 Å². The van der Waals surface area contributed by atoms with Gasteiger partial charge in [0.05, 0.1) is 28.1 Å². The molecular weight excluding hydrogens is 370 g/mol. The summed E-state index contributed by atoms with van der Waals surface area (Å²) >= 11 is 1.77. The number of benzene rings is 1. The Morgan fingerprint density at radius 2 is 1.96 bits per heavy atom. The van der Waals surface area contributed by atoms with E-state index in [-0.39, 0.29) is 12.1 Å². The number of aliphatic hydroxyl groups is 1. The summed E-state index contributed by atoms with van der Waals surface area (Å²) in [5.41, 5.74) is 2.10. The van der Waals surface area contributed by atoms with Crippen molar-refractivity contribution in [2.45, 2.75) is 45.3 Å². The van der Waals surface area contributed by atoms with E-state index in [0.29, 0.717) is 17.8 Å². The molecule has 1 aliphatic carbocycles. The highest BCUT2D eigenvalue weighted by molar-refractivity contribution is 7.22. The van der Waals surface area contributed by atoms with Gasteiger partial charge in [0, 0.05) is 19.3 Å². The monoisotopic (exact) mass is 397 g/mol. The maximum absolute atomic E-state index is 10.8. The Balaban J connectivity index is 1.32. The predicted molar refractivity (Wildman–Crippen MR) is 112 cm³/mol. The molecule has 0 radical (unpaired) electrons. The average molecular weight is 398 g/mol. The van der Waals surface area contributed by atoms with Crippen LogP contribution in [0.5, 0.6) is 0 Å². The second-order valence-corrected chi connectivity index (χ2v) is 9.79. The van der Waals surface area contributed by atoms with Crippen LogP contribution in [-0.4, -0.2) is 44.3 Å². The van der Waals surface area contributed by atoms with E-state index in [1.54, 1.807) is 11.3 Å². The lowest BCUT2D eigenvalue weighted by molar-refractivity contribution is 0.0298. The van der Waals surface area contributed by atoms with E-state index in [0.717, 1.165) is 48.7 Å². The Labute approximate surface area is 169 Å². The second kappa shape index (κ2) is 7.12. The van der Waals surface area contributed by atoms with Gasteiger partial charge in [-0.2, -0.15) is 0 Å². The summed E-state index contributed by atoms with van der Waals surface area (Å²) in [5.74, 6) is 1.65. The Morgan fingerprint density at radius 1 is 1.18 bits per heavy atom. The third-order valence-electron chi connectivity index (χ3n) is 6.18. The number of aliphatic hydroxyl groups excluding tert-OH is 1. The summed E-state index contributed by atoms with van der Waals surface area (Å²) in [6.45, 7) is 6.38. The highest BCUT2D eigenvalue weighted by atomic mass is 32.1. The molecule has 5 rings (SSSR count). The quantitative estimate of drug-likeness (QED) is 0.729. The zero-order valence-electron chi connectivity index (χ0n) is 16.4. The summed E-state index contributed by atoms with van der Waals surface area (Å²) < 4.78 is 3.16. The van der Waals surface area contributed by atoms with Gasteiger partial charge in [0.1, 0.15) is 0 Å². The minimum absolute atomic E-state index is 0.0324. The standard InChI is InChI=1S/C21H27N5OS/c1-13(2)7-16-12-26(24-23-16)18-8-14-10-25(11-15(14)9-19(18)27)21-22-17-5-3-4-6-20(17)28-21/h3-6,12-15,18-19,27H,7-11H2,1-2H3/t14-,15+,18-,19-/m1/s1. The Bertz CT molecular complexity index is 934. The van der Waals surface area contributed by atoms with Gasteiger partial charge in [0.2, 0.25) is 0 Å². The number of thiazole rings is 1. The number of anilines is 1. The summed E-state index contributed by atoms with van der Waals surface area (Å²) in [7, 11) is 0. The van der Waals surface area contributed by atoms with E-state index >= 15 is 0 Å². The van der Waals surface area contributed by atoms with Crippen LogP contribution >= 0.6 is 11.3 Å². The van der Waals surface area contributed by atoms with Crippen LogP contribution in [-0.2, 0) is 6.42 Å². The number of nitrogens with zero attached hydrogens (tertiary/aromatic N) is 5. The zero-order chi connectivity index (χ0) is 19.3. The van der Waals surface area contributed by atoms with Crippen LogP contribution in [0.1, 0.15) is 38.4 Å². The van der Waals surface area contributed by atoms with E-state index in [2.05, 4.69) is 47.3 Å². The highest BCUT2D eigenvalue weighted by Gasteiger charge is 2.43. The number of aromatic nitrogens is 4. The van der Waals surface area contributed by atoms with Crippen molar-refractivity contribution in [1.82, 2.24) is 20.0 Å². The maximum Gasteiger partial charge on any atom is 0.186 e. The molecule has 2 aliphatic rings. The van der Waals surface area contributed by atoms with Crippen molar-refractivity contribution in [3.63, 3.8) is 0 Å². The fourth-order valence-electron chi connectivity index (χ4n) is 4.83. The molecule has 2 aromatic heterocycles. The van der Waals surface area contributed by atoms with Gasteiger partial charge in [-0.05, 0) is 49.1 Å². The van der Waals surface area contributed by atoms with E-state index < -0.39 is 0 Å². The summed E-state index contributed by atoms with van der Waals surface area (Å²) in [6, 6.07) is 8.37. The third kappa shape index (κ3) is 3.31. The minimum atomic E-state index is -0.356. The van der Waals surface area contributed by atoms with Crippen LogP contribution in [0.4, 0.5) is 5.13 Å². The molecule has 148 valence electrons. The first-order valence-electron chi connectivity index (χ1n) is 10.3. The van der Waals surface area contributed by atoms with E-state index in [9.17, 15) is 5.11 Å². The fourth-order valence-corrected chi connectivity index (χ4v) is 5.81. The minimum Gasteiger partial charge on any atom is -0.391 e. The van der Waals surface area contributed by atoms with Gasteiger partial charge in [-0.25, -0.2) is 9.67 Å². The second-order valence-electron chi connectivity index (χ2n) is 8.78. The molecule has 0 amide bonds. The molecule has 1 N–H and O–H groups in total. The molecule has 0 unspecified atom stereocenters. The lowest BCUT2D eigenvalue weighted by Gasteiger charge is -2.34. The van der Waals surface area contributed by atoms with Gasteiger partial charge in [-0.15, -0.1) is 5.10 Å². The Hall–Kier alpha value is -1.99. The lowest BCUT2D eigenvalue weighted by atomic mass is 9.77. The molecule has 1 aliphatic heterocycles. The molecule has 6 nitrogen and oxygen atoms in total. The highest BCUT2D eigenvalue weighted by Crippen LogP contribution is 2.43. The Morgan fingerprint density at radius 3 is 2.75 bits per heavy atom. The largest absolute Gasteiger partial charge is 0.391 e. The zero-order valence-corrected chi connectivity index (χ0v) is 17.2. The van der Waals surface area contributed by atoms with E-state index in [1.807, 2.05) is 16.9 Å². The molecule has 0 spiro atoms. The molecule has 1 saturated carbocycles. The normalized spacial score (nSPS) is 27.6. The Kier molecular flexibility index (Phi) is 4.59. The molecule has 2 fully saturated rings.